The number of hydrogen-bond donors (Lipinski definition) is 1. The van der Waals surface area contributed by atoms with E-state index >= 15 is 0 Å². The van der Waals surface area contributed by atoms with E-state index in [4.69, 9.17) is 20.5 Å². The monoisotopic (exact) mass is 417 g/mol. The standard InChI is InChI=1S/C20H19ClNO3P.C2H6/c1-15(20(23)24-14-16-8-3-2-4-9-16)22-26(21)25-19-13-7-11-17-10-5-6-12-18(17)19;1-2/h2-13,15,22H,14H2,1H3;1-2H3. The molecule has 3 rings (SSSR count). The first-order chi connectivity index (χ1) is 13.6. The van der Waals surface area contributed by atoms with Crippen molar-refractivity contribution in [2.75, 3.05) is 0 Å². The normalized spacial score (nSPS) is 12.4. The quantitative estimate of drug-likeness (QED) is 0.355. The lowest BCUT2D eigenvalue weighted by Gasteiger charge is -2.18. The van der Waals surface area contributed by atoms with Crippen molar-refractivity contribution in [3.8, 4) is 5.75 Å². The Morgan fingerprint density at radius 2 is 1.64 bits per heavy atom. The van der Waals surface area contributed by atoms with Crippen LogP contribution < -0.4 is 9.61 Å². The van der Waals surface area contributed by atoms with Gasteiger partial charge in [-0.1, -0.05) is 80.6 Å². The van der Waals surface area contributed by atoms with Crippen molar-refractivity contribution in [1.29, 1.82) is 0 Å². The molecule has 6 heteroatoms. The summed E-state index contributed by atoms with van der Waals surface area (Å²) in [5.41, 5.74) is 0.938. The molecule has 0 aliphatic carbocycles. The molecule has 0 saturated heterocycles. The molecule has 28 heavy (non-hydrogen) atoms. The summed E-state index contributed by atoms with van der Waals surface area (Å²) >= 11 is 6.30. The van der Waals surface area contributed by atoms with Crippen LogP contribution in [0, 0.1) is 0 Å². The average molecular weight is 418 g/mol. The maximum absolute atomic E-state index is 12.1. The summed E-state index contributed by atoms with van der Waals surface area (Å²) in [6.07, 6.45) is 0. The summed E-state index contributed by atoms with van der Waals surface area (Å²) in [7, 11) is -1.55. The molecule has 3 aromatic carbocycles. The van der Waals surface area contributed by atoms with E-state index in [1.54, 1.807) is 6.92 Å². The summed E-state index contributed by atoms with van der Waals surface area (Å²) in [6, 6.07) is 22.7. The highest BCUT2D eigenvalue weighted by Gasteiger charge is 2.20. The molecule has 0 fully saturated rings. The molecule has 0 aromatic heterocycles. The Hall–Kier alpha value is -2.13. The number of ether oxygens (including phenoxy) is 1. The van der Waals surface area contributed by atoms with Crippen molar-refractivity contribution in [3.05, 3.63) is 78.4 Å². The third-order valence-electron chi connectivity index (χ3n) is 3.80. The SMILES string of the molecule is CC.CC(NP(Cl)Oc1cccc2ccccc12)C(=O)OCc1ccccc1. The van der Waals surface area contributed by atoms with Crippen LogP contribution in [0.1, 0.15) is 26.3 Å². The summed E-state index contributed by atoms with van der Waals surface area (Å²) in [5.74, 6) is 0.310. The number of halogens is 1. The minimum absolute atomic E-state index is 0.232. The molecule has 2 atom stereocenters. The lowest BCUT2D eigenvalue weighted by atomic mass is 10.1. The minimum Gasteiger partial charge on any atom is -0.460 e. The molecular formula is C22H25ClNO3P. The van der Waals surface area contributed by atoms with Crippen molar-refractivity contribution in [2.24, 2.45) is 0 Å². The van der Waals surface area contributed by atoms with Gasteiger partial charge in [0.1, 0.15) is 18.4 Å². The Labute approximate surface area is 172 Å². The molecule has 0 bridgehead atoms. The third-order valence-corrected chi connectivity index (χ3v) is 5.25. The molecule has 0 heterocycles. The maximum atomic E-state index is 12.1. The largest absolute Gasteiger partial charge is 0.460 e. The Morgan fingerprint density at radius 1 is 1.00 bits per heavy atom. The topological polar surface area (TPSA) is 47.6 Å². The predicted molar refractivity (Wildman–Crippen MR) is 118 cm³/mol. The van der Waals surface area contributed by atoms with Gasteiger partial charge in [-0.2, -0.15) is 0 Å². The highest BCUT2D eigenvalue weighted by Crippen LogP contribution is 2.42. The number of esters is 1. The molecule has 3 aromatic rings. The Morgan fingerprint density at radius 3 is 2.39 bits per heavy atom. The van der Waals surface area contributed by atoms with Gasteiger partial charge < -0.3 is 9.26 Å². The first kappa shape index (κ1) is 22.2. The van der Waals surface area contributed by atoms with Crippen molar-refractivity contribution in [2.45, 2.75) is 33.4 Å². The molecule has 0 spiro atoms. The van der Waals surface area contributed by atoms with E-state index in [0.717, 1.165) is 16.3 Å². The van der Waals surface area contributed by atoms with Crippen LogP contribution in [0.25, 0.3) is 10.8 Å². The molecule has 4 nitrogen and oxygen atoms in total. The van der Waals surface area contributed by atoms with E-state index < -0.39 is 13.7 Å². The van der Waals surface area contributed by atoms with Crippen LogP contribution in [-0.4, -0.2) is 12.0 Å². The average Bonchev–Trinajstić information content (AvgIpc) is 2.74. The molecular weight excluding hydrogens is 393 g/mol. The van der Waals surface area contributed by atoms with Gasteiger partial charge in [-0.3, -0.25) is 4.79 Å². The van der Waals surface area contributed by atoms with E-state index in [0.29, 0.717) is 5.75 Å². The highest BCUT2D eigenvalue weighted by molar-refractivity contribution is 7.78. The lowest BCUT2D eigenvalue weighted by Crippen LogP contribution is -2.32. The van der Waals surface area contributed by atoms with Gasteiger partial charge in [-0.15, -0.1) is 0 Å². The summed E-state index contributed by atoms with van der Waals surface area (Å²) in [5, 5.41) is 5.01. The second-order valence-corrected chi connectivity index (χ2v) is 7.61. The Kier molecular flexibility index (Phi) is 9.22. The summed E-state index contributed by atoms with van der Waals surface area (Å²) in [6.45, 7) is 5.94. The first-order valence-corrected chi connectivity index (χ1v) is 11.4. The summed E-state index contributed by atoms with van der Waals surface area (Å²) < 4.78 is 11.1. The molecule has 2 unspecified atom stereocenters. The fourth-order valence-corrected chi connectivity index (χ4v) is 3.90. The Bertz CT molecular complexity index is 871. The predicted octanol–water partition coefficient (Wildman–Crippen LogP) is 6.43. The van der Waals surface area contributed by atoms with Crippen LogP contribution in [-0.2, 0) is 16.1 Å². The molecule has 0 saturated carbocycles. The van der Waals surface area contributed by atoms with Crippen LogP contribution in [0.2, 0.25) is 0 Å². The molecule has 0 aliphatic rings. The van der Waals surface area contributed by atoms with Gasteiger partial charge in [0, 0.05) is 5.39 Å². The van der Waals surface area contributed by atoms with Gasteiger partial charge >= 0.3 is 5.97 Å². The van der Waals surface area contributed by atoms with Gasteiger partial charge in [0.2, 0.25) is 0 Å². The smallest absolute Gasteiger partial charge is 0.323 e. The van der Waals surface area contributed by atoms with Crippen molar-refractivity contribution < 1.29 is 14.1 Å². The van der Waals surface area contributed by atoms with Gasteiger partial charge in [0.25, 0.3) is 7.65 Å². The van der Waals surface area contributed by atoms with Crippen molar-refractivity contribution in [3.63, 3.8) is 0 Å². The minimum atomic E-state index is -1.55. The zero-order valence-corrected chi connectivity index (χ0v) is 17.9. The zero-order valence-electron chi connectivity index (χ0n) is 16.3. The maximum Gasteiger partial charge on any atom is 0.323 e. The molecule has 148 valence electrons. The molecule has 0 amide bonds. The van der Waals surface area contributed by atoms with Crippen LogP contribution in [0.4, 0.5) is 0 Å². The molecule has 0 aliphatic heterocycles. The van der Waals surface area contributed by atoms with Crippen molar-refractivity contribution in [1.82, 2.24) is 5.09 Å². The van der Waals surface area contributed by atoms with E-state index in [1.165, 1.54) is 0 Å². The number of hydrogen-bond acceptors (Lipinski definition) is 4. The van der Waals surface area contributed by atoms with Crippen LogP contribution in [0.5, 0.6) is 5.75 Å². The fourth-order valence-electron chi connectivity index (χ4n) is 2.45. The molecule has 1 N–H and O–H groups in total. The first-order valence-electron chi connectivity index (χ1n) is 9.22. The lowest BCUT2D eigenvalue weighted by molar-refractivity contribution is -0.146. The van der Waals surface area contributed by atoms with Crippen molar-refractivity contribution >= 4 is 35.6 Å². The Balaban J connectivity index is 0.00000136. The summed E-state index contributed by atoms with van der Waals surface area (Å²) in [4.78, 5) is 12.1. The van der Waals surface area contributed by atoms with Crippen LogP contribution in [0.3, 0.4) is 0 Å². The van der Waals surface area contributed by atoms with Gasteiger partial charge in [0.15, 0.2) is 0 Å². The number of nitrogens with one attached hydrogen (secondary N) is 1. The van der Waals surface area contributed by atoms with Gasteiger partial charge in [0.05, 0.1) is 0 Å². The van der Waals surface area contributed by atoms with Gasteiger partial charge in [-0.25, -0.2) is 5.09 Å². The number of carbonyl (C=O) groups is 1. The number of fused-ring (bicyclic) bond motifs is 1. The number of rotatable bonds is 7. The van der Waals surface area contributed by atoms with Crippen LogP contribution >= 0.6 is 18.9 Å². The highest BCUT2D eigenvalue weighted by atomic mass is 35.7. The van der Waals surface area contributed by atoms with E-state index in [-0.39, 0.29) is 12.6 Å². The molecule has 0 radical (unpaired) electrons. The third kappa shape index (κ3) is 6.49. The van der Waals surface area contributed by atoms with E-state index in [9.17, 15) is 4.79 Å². The van der Waals surface area contributed by atoms with E-state index in [2.05, 4.69) is 5.09 Å². The van der Waals surface area contributed by atoms with Crippen LogP contribution in [0.15, 0.2) is 72.8 Å². The number of benzene rings is 3. The van der Waals surface area contributed by atoms with E-state index in [1.807, 2.05) is 86.6 Å². The fraction of sp³-hybridized carbons (Fsp3) is 0.227. The second-order valence-electron chi connectivity index (χ2n) is 5.76. The number of carbonyl (C=O) groups excluding carboxylic acids is 1. The van der Waals surface area contributed by atoms with Gasteiger partial charge in [-0.05, 0) is 35.2 Å². The zero-order chi connectivity index (χ0) is 20.4. The second kappa shape index (κ2) is 11.7.